The molecule has 100 valence electrons. The molecule has 0 unspecified atom stereocenters. The number of fused-ring (bicyclic) bond motifs is 1. The summed E-state index contributed by atoms with van der Waals surface area (Å²) in [6.45, 7) is 0. The molecule has 2 aromatic heterocycles. The average molecular weight is 398 g/mol. The number of nitrogens with zero attached hydrogens (tertiary/aromatic N) is 4. The molecule has 0 aliphatic heterocycles. The summed E-state index contributed by atoms with van der Waals surface area (Å²) in [7, 11) is 0. The van der Waals surface area contributed by atoms with E-state index in [0.29, 0.717) is 21.5 Å². The van der Waals surface area contributed by atoms with E-state index in [-0.39, 0.29) is 5.69 Å². The van der Waals surface area contributed by atoms with Gasteiger partial charge in [0.1, 0.15) is 0 Å². The lowest BCUT2D eigenvalue weighted by atomic mass is 10.2. The first-order chi connectivity index (χ1) is 9.54. The Hall–Kier alpha value is -1.80. The van der Waals surface area contributed by atoms with Gasteiger partial charge in [-0.05, 0) is 56.1 Å². The molecule has 6 nitrogen and oxygen atoms in total. The highest BCUT2D eigenvalue weighted by molar-refractivity contribution is 9.10. The topological polar surface area (TPSA) is 73.3 Å². The molecule has 0 aliphatic carbocycles. The van der Waals surface area contributed by atoms with Crippen LogP contribution in [0.25, 0.3) is 17.0 Å². The van der Waals surface area contributed by atoms with E-state index in [4.69, 9.17) is 0 Å². The third kappa shape index (κ3) is 2.32. The van der Waals surface area contributed by atoms with Gasteiger partial charge in [-0.3, -0.25) is 10.1 Å². The van der Waals surface area contributed by atoms with Gasteiger partial charge in [0.05, 0.1) is 9.40 Å². The van der Waals surface area contributed by atoms with Crippen LogP contribution in [0.1, 0.15) is 0 Å². The second kappa shape index (κ2) is 4.95. The Morgan fingerprint density at radius 3 is 2.75 bits per heavy atom. The molecule has 0 aliphatic rings. The number of benzene rings is 1. The number of aromatic nitrogens is 3. The number of hydrogen-bond acceptors (Lipinski definition) is 4. The summed E-state index contributed by atoms with van der Waals surface area (Å²) in [4.78, 5) is 14.8. The van der Waals surface area contributed by atoms with Crippen LogP contribution < -0.4 is 0 Å². The third-order valence-corrected chi connectivity index (χ3v) is 3.84. The van der Waals surface area contributed by atoms with Gasteiger partial charge in [-0.25, -0.2) is 9.50 Å². The van der Waals surface area contributed by atoms with Crippen LogP contribution in [0.2, 0.25) is 0 Å². The second-order valence-electron chi connectivity index (χ2n) is 4.01. The zero-order valence-corrected chi connectivity index (χ0v) is 13.0. The van der Waals surface area contributed by atoms with Crippen molar-refractivity contribution in [3.8, 4) is 11.4 Å². The molecule has 3 rings (SSSR count). The number of nitro groups is 1. The van der Waals surface area contributed by atoms with Gasteiger partial charge >= 0.3 is 0 Å². The largest absolute Gasteiger partial charge is 0.284 e. The van der Waals surface area contributed by atoms with E-state index in [1.165, 1.54) is 6.07 Å². The Balaban J connectivity index is 2.15. The van der Waals surface area contributed by atoms with Crippen molar-refractivity contribution in [2.24, 2.45) is 0 Å². The Morgan fingerprint density at radius 2 is 2.00 bits per heavy atom. The van der Waals surface area contributed by atoms with Crippen LogP contribution in [0.3, 0.4) is 0 Å². The first-order valence-corrected chi connectivity index (χ1v) is 7.09. The molecule has 0 atom stereocenters. The van der Waals surface area contributed by atoms with E-state index in [2.05, 4.69) is 41.9 Å². The van der Waals surface area contributed by atoms with Crippen molar-refractivity contribution in [3.63, 3.8) is 0 Å². The molecule has 2 heterocycles. The van der Waals surface area contributed by atoms with Crippen molar-refractivity contribution in [2.75, 3.05) is 0 Å². The fourth-order valence-electron chi connectivity index (χ4n) is 1.77. The van der Waals surface area contributed by atoms with E-state index in [1.807, 2.05) is 12.1 Å². The lowest BCUT2D eigenvalue weighted by Crippen LogP contribution is -1.91. The van der Waals surface area contributed by atoms with Crippen molar-refractivity contribution in [1.82, 2.24) is 14.6 Å². The van der Waals surface area contributed by atoms with Gasteiger partial charge in [0.15, 0.2) is 11.5 Å². The summed E-state index contributed by atoms with van der Waals surface area (Å²) in [5.41, 5.74) is 1.26. The van der Waals surface area contributed by atoms with E-state index in [1.54, 1.807) is 22.8 Å². The lowest BCUT2D eigenvalue weighted by molar-refractivity contribution is -0.385. The van der Waals surface area contributed by atoms with Gasteiger partial charge in [-0.2, -0.15) is 0 Å². The van der Waals surface area contributed by atoms with Crippen LogP contribution in [-0.2, 0) is 0 Å². The van der Waals surface area contributed by atoms with Crippen LogP contribution in [0.4, 0.5) is 5.69 Å². The van der Waals surface area contributed by atoms with E-state index in [9.17, 15) is 10.1 Å². The molecule has 8 heteroatoms. The molecule has 0 bridgehead atoms. The highest BCUT2D eigenvalue weighted by atomic mass is 79.9. The molecule has 0 amide bonds. The number of nitro benzene ring substituents is 1. The lowest BCUT2D eigenvalue weighted by Gasteiger charge is -1.98. The minimum Gasteiger partial charge on any atom is -0.258 e. The number of pyridine rings is 1. The monoisotopic (exact) mass is 396 g/mol. The minimum absolute atomic E-state index is 0.0115. The molecule has 3 aromatic rings. The molecule has 0 radical (unpaired) electrons. The van der Waals surface area contributed by atoms with E-state index >= 15 is 0 Å². The zero-order valence-electron chi connectivity index (χ0n) is 9.83. The average Bonchev–Trinajstić information content (AvgIpc) is 2.81. The molecule has 0 saturated heterocycles. The first-order valence-electron chi connectivity index (χ1n) is 5.51. The minimum atomic E-state index is -0.444. The summed E-state index contributed by atoms with van der Waals surface area (Å²) in [6, 6.07) is 8.48. The maximum absolute atomic E-state index is 10.9. The van der Waals surface area contributed by atoms with Gasteiger partial charge in [0.2, 0.25) is 0 Å². The van der Waals surface area contributed by atoms with E-state index < -0.39 is 4.92 Å². The summed E-state index contributed by atoms with van der Waals surface area (Å²) >= 11 is 6.51. The summed E-state index contributed by atoms with van der Waals surface area (Å²) in [6.07, 6.45) is 1.78. The van der Waals surface area contributed by atoms with Crippen LogP contribution in [-0.4, -0.2) is 19.5 Å². The standard InChI is InChI=1S/C12H6Br2N4O2/c13-8-2-4-11-15-12(16-17(11)6-8)7-1-3-9(14)10(5-7)18(19)20/h1-6H. The van der Waals surface area contributed by atoms with Gasteiger partial charge < -0.3 is 0 Å². The van der Waals surface area contributed by atoms with Crippen molar-refractivity contribution in [1.29, 1.82) is 0 Å². The molecule has 0 saturated carbocycles. The van der Waals surface area contributed by atoms with Gasteiger partial charge in [-0.15, -0.1) is 5.10 Å². The van der Waals surface area contributed by atoms with Crippen LogP contribution in [0.15, 0.2) is 45.5 Å². The van der Waals surface area contributed by atoms with Crippen LogP contribution in [0.5, 0.6) is 0 Å². The summed E-state index contributed by atoms with van der Waals surface area (Å²) in [5, 5.41) is 15.3. The van der Waals surface area contributed by atoms with Crippen molar-refractivity contribution in [2.45, 2.75) is 0 Å². The molecule has 0 spiro atoms. The molecular formula is C12H6Br2N4O2. The molecule has 0 N–H and O–H groups in total. The van der Waals surface area contributed by atoms with Crippen LogP contribution in [0, 0.1) is 10.1 Å². The van der Waals surface area contributed by atoms with Crippen molar-refractivity contribution in [3.05, 3.63) is 55.6 Å². The summed E-state index contributed by atoms with van der Waals surface area (Å²) in [5.74, 6) is 0.443. The Morgan fingerprint density at radius 1 is 1.20 bits per heavy atom. The quantitative estimate of drug-likeness (QED) is 0.486. The maximum Gasteiger partial charge on any atom is 0.284 e. The number of hydrogen-bond donors (Lipinski definition) is 0. The molecule has 20 heavy (non-hydrogen) atoms. The fourth-order valence-corrected chi connectivity index (χ4v) is 2.49. The third-order valence-electron chi connectivity index (χ3n) is 2.70. The Labute approximate surface area is 129 Å². The SMILES string of the molecule is O=[N+]([O-])c1cc(-c2nc3ccc(Br)cn3n2)ccc1Br. The van der Waals surface area contributed by atoms with Crippen molar-refractivity contribution < 1.29 is 4.92 Å². The predicted molar refractivity (Wildman–Crippen MR) is 80.5 cm³/mol. The number of rotatable bonds is 2. The Kier molecular flexibility index (Phi) is 3.27. The smallest absolute Gasteiger partial charge is 0.258 e. The highest BCUT2D eigenvalue weighted by Gasteiger charge is 2.15. The highest BCUT2D eigenvalue weighted by Crippen LogP contribution is 2.29. The van der Waals surface area contributed by atoms with Gasteiger partial charge in [0.25, 0.3) is 5.69 Å². The molecular weight excluding hydrogens is 392 g/mol. The first kappa shape index (κ1) is 13.2. The Bertz CT molecular complexity index is 831. The number of halogens is 2. The summed E-state index contributed by atoms with van der Waals surface area (Å²) < 4.78 is 2.92. The predicted octanol–water partition coefficient (Wildman–Crippen LogP) is 3.83. The fraction of sp³-hybridized carbons (Fsp3) is 0. The normalized spacial score (nSPS) is 10.9. The second-order valence-corrected chi connectivity index (χ2v) is 5.78. The zero-order chi connectivity index (χ0) is 14.3. The van der Waals surface area contributed by atoms with Gasteiger partial charge in [0, 0.05) is 22.3 Å². The van der Waals surface area contributed by atoms with Gasteiger partial charge in [-0.1, -0.05) is 0 Å². The van der Waals surface area contributed by atoms with Crippen LogP contribution >= 0.6 is 31.9 Å². The maximum atomic E-state index is 10.9. The van der Waals surface area contributed by atoms with E-state index in [0.717, 1.165) is 4.47 Å². The van der Waals surface area contributed by atoms with Crippen molar-refractivity contribution >= 4 is 43.2 Å². The molecule has 0 fully saturated rings. The molecule has 1 aromatic carbocycles.